The molecule has 1 amide bonds. The lowest BCUT2D eigenvalue weighted by Gasteiger charge is -2.03. The van der Waals surface area contributed by atoms with E-state index in [-0.39, 0.29) is 5.91 Å². The molecule has 80 valence electrons. The van der Waals surface area contributed by atoms with Crippen molar-refractivity contribution < 1.29 is 4.79 Å². The number of rotatable bonds is 3. The maximum Gasteiger partial charge on any atom is 0.270 e. The second-order valence-electron chi connectivity index (χ2n) is 3.14. The van der Waals surface area contributed by atoms with Crippen molar-refractivity contribution in [3.63, 3.8) is 0 Å². The molecule has 0 atom stereocenters. The van der Waals surface area contributed by atoms with Crippen molar-refractivity contribution in [3.05, 3.63) is 54.4 Å². The standard InChI is InChI=1S/C11H10N4O/c16-11(10-3-1-2-4-14-10)15-7-9-5-12-8-13-6-9/h1-6,8H,7H2,(H,15,16). The Hall–Kier alpha value is -2.30. The quantitative estimate of drug-likeness (QED) is 0.820. The van der Waals surface area contributed by atoms with Crippen molar-refractivity contribution in [2.24, 2.45) is 0 Å². The number of hydrogen-bond acceptors (Lipinski definition) is 4. The molecule has 2 aromatic heterocycles. The van der Waals surface area contributed by atoms with E-state index in [1.807, 2.05) is 0 Å². The summed E-state index contributed by atoms with van der Waals surface area (Å²) in [7, 11) is 0. The Morgan fingerprint density at radius 1 is 1.25 bits per heavy atom. The summed E-state index contributed by atoms with van der Waals surface area (Å²) in [5, 5.41) is 2.73. The van der Waals surface area contributed by atoms with Crippen LogP contribution in [0.3, 0.4) is 0 Å². The third-order valence-electron chi connectivity index (χ3n) is 1.96. The summed E-state index contributed by atoms with van der Waals surface area (Å²) < 4.78 is 0. The van der Waals surface area contributed by atoms with Gasteiger partial charge in [-0.15, -0.1) is 0 Å². The highest BCUT2D eigenvalue weighted by Crippen LogP contribution is 1.96. The lowest BCUT2D eigenvalue weighted by atomic mass is 10.3. The maximum atomic E-state index is 11.6. The Morgan fingerprint density at radius 3 is 2.75 bits per heavy atom. The first-order valence-corrected chi connectivity index (χ1v) is 4.79. The summed E-state index contributed by atoms with van der Waals surface area (Å²) in [4.78, 5) is 23.3. The first kappa shape index (κ1) is 10.2. The maximum absolute atomic E-state index is 11.6. The number of nitrogens with one attached hydrogen (secondary N) is 1. The minimum atomic E-state index is -0.204. The predicted molar refractivity (Wildman–Crippen MR) is 57.4 cm³/mol. The Balaban J connectivity index is 1.95. The number of amides is 1. The average Bonchev–Trinajstić information content (AvgIpc) is 2.38. The van der Waals surface area contributed by atoms with Gasteiger partial charge in [-0.1, -0.05) is 6.07 Å². The monoisotopic (exact) mass is 214 g/mol. The molecule has 0 aromatic carbocycles. The van der Waals surface area contributed by atoms with E-state index in [1.54, 1.807) is 36.8 Å². The van der Waals surface area contributed by atoms with Crippen molar-refractivity contribution in [3.8, 4) is 0 Å². The molecule has 0 spiro atoms. The van der Waals surface area contributed by atoms with Gasteiger partial charge >= 0.3 is 0 Å². The van der Waals surface area contributed by atoms with E-state index < -0.39 is 0 Å². The van der Waals surface area contributed by atoms with Crippen LogP contribution in [0.5, 0.6) is 0 Å². The molecule has 0 fully saturated rings. The van der Waals surface area contributed by atoms with Gasteiger partial charge in [0, 0.05) is 30.7 Å². The molecule has 0 saturated carbocycles. The van der Waals surface area contributed by atoms with Crippen LogP contribution in [-0.4, -0.2) is 20.9 Å². The summed E-state index contributed by atoms with van der Waals surface area (Å²) in [6, 6.07) is 5.20. The third-order valence-corrected chi connectivity index (χ3v) is 1.96. The number of carbonyl (C=O) groups is 1. The largest absolute Gasteiger partial charge is 0.347 e. The lowest BCUT2D eigenvalue weighted by molar-refractivity contribution is 0.0946. The van der Waals surface area contributed by atoms with Crippen molar-refractivity contribution in [2.45, 2.75) is 6.54 Å². The van der Waals surface area contributed by atoms with Gasteiger partial charge in [0.1, 0.15) is 12.0 Å². The van der Waals surface area contributed by atoms with Crippen molar-refractivity contribution in [1.29, 1.82) is 0 Å². The molecule has 0 aliphatic carbocycles. The summed E-state index contributed by atoms with van der Waals surface area (Å²) in [5.41, 5.74) is 1.26. The van der Waals surface area contributed by atoms with Crippen LogP contribution in [0.25, 0.3) is 0 Å². The summed E-state index contributed by atoms with van der Waals surface area (Å²) in [5.74, 6) is -0.204. The molecule has 0 saturated heterocycles. The summed E-state index contributed by atoms with van der Waals surface area (Å²) in [6.45, 7) is 0.399. The Kier molecular flexibility index (Phi) is 3.18. The third kappa shape index (κ3) is 2.60. The highest BCUT2D eigenvalue weighted by molar-refractivity contribution is 5.92. The zero-order valence-electron chi connectivity index (χ0n) is 8.50. The second-order valence-corrected chi connectivity index (χ2v) is 3.14. The molecule has 0 aliphatic rings. The van der Waals surface area contributed by atoms with Crippen LogP contribution in [0.4, 0.5) is 0 Å². The Labute approximate surface area is 92.6 Å². The number of nitrogens with zero attached hydrogens (tertiary/aromatic N) is 3. The van der Waals surface area contributed by atoms with Crippen LogP contribution in [0.1, 0.15) is 16.1 Å². The first-order chi connectivity index (χ1) is 7.86. The van der Waals surface area contributed by atoms with E-state index in [4.69, 9.17) is 0 Å². The van der Waals surface area contributed by atoms with E-state index >= 15 is 0 Å². The lowest BCUT2D eigenvalue weighted by Crippen LogP contribution is -2.23. The molecule has 0 aliphatic heterocycles. The minimum absolute atomic E-state index is 0.204. The molecule has 0 bridgehead atoms. The van der Waals surface area contributed by atoms with Crippen LogP contribution in [0.15, 0.2) is 43.1 Å². The van der Waals surface area contributed by atoms with Crippen LogP contribution >= 0.6 is 0 Å². The number of pyridine rings is 1. The van der Waals surface area contributed by atoms with Crippen LogP contribution in [0.2, 0.25) is 0 Å². The molecular formula is C11H10N4O. The van der Waals surface area contributed by atoms with Gasteiger partial charge in [-0.05, 0) is 12.1 Å². The fourth-order valence-corrected chi connectivity index (χ4v) is 1.19. The Bertz CT molecular complexity index is 458. The molecule has 2 aromatic rings. The molecule has 0 unspecified atom stereocenters. The zero-order chi connectivity index (χ0) is 11.2. The van der Waals surface area contributed by atoms with E-state index in [9.17, 15) is 4.79 Å². The van der Waals surface area contributed by atoms with Crippen LogP contribution < -0.4 is 5.32 Å². The van der Waals surface area contributed by atoms with Gasteiger partial charge in [-0.2, -0.15) is 0 Å². The first-order valence-electron chi connectivity index (χ1n) is 4.79. The van der Waals surface area contributed by atoms with Crippen LogP contribution in [-0.2, 0) is 6.54 Å². The molecule has 2 rings (SSSR count). The minimum Gasteiger partial charge on any atom is -0.347 e. The fourth-order valence-electron chi connectivity index (χ4n) is 1.19. The molecule has 16 heavy (non-hydrogen) atoms. The summed E-state index contributed by atoms with van der Waals surface area (Å²) in [6.07, 6.45) is 6.35. The van der Waals surface area contributed by atoms with Crippen molar-refractivity contribution >= 4 is 5.91 Å². The molecule has 2 heterocycles. The highest BCUT2D eigenvalue weighted by Gasteiger charge is 2.04. The van der Waals surface area contributed by atoms with E-state index in [0.717, 1.165) is 5.56 Å². The molecule has 1 N–H and O–H groups in total. The number of carbonyl (C=O) groups excluding carboxylic acids is 1. The molecule has 5 heteroatoms. The van der Waals surface area contributed by atoms with Gasteiger partial charge in [0.15, 0.2) is 0 Å². The van der Waals surface area contributed by atoms with Gasteiger partial charge < -0.3 is 5.32 Å². The van der Waals surface area contributed by atoms with Gasteiger partial charge in [-0.25, -0.2) is 9.97 Å². The Morgan fingerprint density at radius 2 is 2.06 bits per heavy atom. The van der Waals surface area contributed by atoms with Gasteiger partial charge in [-0.3, -0.25) is 9.78 Å². The van der Waals surface area contributed by atoms with Gasteiger partial charge in [0.2, 0.25) is 0 Å². The fraction of sp³-hybridized carbons (Fsp3) is 0.0909. The van der Waals surface area contributed by atoms with Crippen molar-refractivity contribution in [1.82, 2.24) is 20.3 Å². The van der Waals surface area contributed by atoms with E-state index in [0.29, 0.717) is 12.2 Å². The topological polar surface area (TPSA) is 67.8 Å². The normalized spacial score (nSPS) is 9.75. The molecule has 0 radical (unpaired) electrons. The number of hydrogen-bond donors (Lipinski definition) is 1. The van der Waals surface area contributed by atoms with Crippen molar-refractivity contribution in [2.75, 3.05) is 0 Å². The van der Waals surface area contributed by atoms with Gasteiger partial charge in [0.05, 0.1) is 0 Å². The van der Waals surface area contributed by atoms with Crippen LogP contribution in [0, 0.1) is 0 Å². The van der Waals surface area contributed by atoms with Gasteiger partial charge in [0.25, 0.3) is 5.91 Å². The molecular weight excluding hydrogens is 204 g/mol. The SMILES string of the molecule is O=C(NCc1cncnc1)c1ccccn1. The predicted octanol–water partition coefficient (Wildman–Crippen LogP) is 0.802. The highest BCUT2D eigenvalue weighted by atomic mass is 16.1. The zero-order valence-corrected chi connectivity index (χ0v) is 8.50. The smallest absolute Gasteiger partial charge is 0.270 e. The van der Waals surface area contributed by atoms with E-state index in [1.165, 1.54) is 6.33 Å². The average molecular weight is 214 g/mol. The second kappa shape index (κ2) is 4.97. The van der Waals surface area contributed by atoms with E-state index in [2.05, 4.69) is 20.3 Å². The number of aromatic nitrogens is 3. The molecule has 5 nitrogen and oxygen atoms in total. The summed E-state index contributed by atoms with van der Waals surface area (Å²) >= 11 is 0.